The number of aromatic hydroxyl groups is 1. The third kappa shape index (κ3) is 5.43. The zero-order chi connectivity index (χ0) is 14.3. The number of amides is 2. The zero-order valence-corrected chi connectivity index (χ0v) is 12.6. The van der Waals surface area contributed by atoms with Crippen molar-refractivity contribution in [1.82, 2.24) is 10.6 Å². The van der Waals surface area contributed by atoms with Gasteiger partial charge in [0.1, 0.15) is 5.75 Å². The predicted octanol–water partition coefficient (Wildman–Crippen LogP) is 0.489. The van der Waals surface area contributed by atoms with Crippen LogP contribution in [0, 0.1) is 3.57 Å². The van der Waals surface area contributed by atoms with Crippen molar-refractivity contribution in [2.45, 2.75) is 0 Å². The summed E-state index contributed by atoms with van der Waals surface area (Å²) in [7, 11) is 1.54. The van der Waals surface area contributed by atoms with Gasteiger partial charge in [-0.15, -0.1) is 0 Å². The van der Waals surface area contributed by atoms with Crippen molar-refractivity contribution in [3.63, 3.8) is 0 Å². The SMILES string of the molecule is COCCNC(=O)CNC(=O)c1ccc(I)c(O)c1. The quantitative estimate of drug-likeness (QED) is 0.497. The molecule has 0 radical (unpaired) electrons. The third-order valence-electron chi connectivity index (χ3n) is 2.25. The molecule has 0 saturated heterocycles. The molecule has 19 heavy (non-hydrogen) atoms. The molecule has 0 spiro atoms. The summed E-state index contributed by atoms with van der Waals surface area (Å²) >= 11 is 1.96. The van der Waals surface area contributed by atoms with Crippen molar-refractivity contribution < 1.29 is 19.4 Å². The monoisotopic (exact) mass is 378 g/mol. The van der Waals surface area contributed by atoms with Crippen LogP contribution in [0.15, 0.2) is 18.2 Å². The molecule has 0 fully saturated rings. The minimum Gasteiger partial charge on any atom is -0.507 e. The first-order chi connectivity index (χ1) is 9.04. The number of nitrogens with one attached hydrogen (secondary N) is 2. The second-order valence-corrected chi connectivity index (χ2v) is 4.85. The van der Waals surface area contributed by atoms with Crippen LogP contribution in [0.2, 0.25) is 0 Å². The fourth-order valence-electron chi connectivity index (χ4n) is 1.27. The number of benzene rings is 1. The van der Waals surface area contributed by atoms with Gasteiger partial charge in [0.2, 0.25) is 5.91 Å². The number of hydrogen-bond acceptors (Lipinski definition) is 4. The molecule has 104 valence electrons. The molecule has 0 aliphatic carbocycles. The number of ether oxygens (including phenoxy) is 1. The molecule has 0 aromatic heterocycles. The first-order valence-electron chi connectivity index (χ1n) is 5.57. The van der Waals surface area contributed by atoms with E-state index in [9.17, 15) is 14.7 Å². The molecule has 2 amide bonds. The van der Waals surface area contributed by atoms with Gasteiger partial charge < -0.3 is 20.5 Å². The van der Waals surface area contributed by atoms with E-state index in [-0.39, 0.29) is 18.2 Å². The average Bonchev–Trinajstić information content (AvgIpc) is 2.39. The van der Waals surface area contributed by atoms with Crippen LogP contribution in [0.4, 0.5) is 0 Å². The van der Waals surface area contributed by atoms with Crippen LogP contribution in [0.5, 0.6) is 5.75 Å². The number of halogens is 1. The lowest BCUT2D eigenvalue weighted by Gasteiger charge is -2.07. The van der Waals surface area contributed by atoms with Crippen LogP contribution in [0.3, 0.4) is 0 Å². The Morgan fingerprint density at radius 1 is 1.37 bits per heavy atom. The standard InChI is InChI=1S/C12H15IN2O4/c1-19-5-4-14-11(17)7-15-12(18)8-2-3-9(13)10(16)6-8/h2-3,6,16H,4-5,7H2,1H3,(H,14,17)(H,15,18). The molecule has 0 saturated carbocycles. The molecule has 1 rings (SSSR count). The summed E-state index contributed by atoms with van der Waals surface area (Å²) in [5.74, 6) is -0.661. The predicted molar refractivity (Wildman–Crippen MR) is 78.0 cm³/mol. The summed E-state index contributed by atoms with van der Waals surface area (Å²) < 4.78 is 5.44. The second kappa shape index (κ2) is 7.95. The Bertz CT molecular complexity index is 465. The van der Waals surface area contributed by atoms with Crippen LogP contribution >= 0.6 is 22.6 Å². The van der Waals surface area contributed by atoms with Crippen LogP contribution in [-0.2, 0) is 9.53 Å². The molecule has 1 aromatic carbocycles. The maximum absolute atomic E-state index is 11.7. The topological polar surface area (TPSA) is 87.7 Å². The molecule has 0 atom stereocenters. The summed E-state index contributed by atoms with van der Waals surface area (Å²) in [4.78, 5) is 23.1. The second-order valence-electron chi connectivity index (χ2n) is 3.69. The van der Waals surface area contributed by atoms with E-state index in [1.165, 1.54) is 13.2 Å². The maximum Gasteiger partial charge on any atom is 0.251 e. The van der Waals surface area contributed by atoms with Gasteiger partial charge in [-0.25, -0.2) is 0 Å². The third-order valence-corrected chi connectivity index (χ3v) is 3.16. The van der Waals surface area contributed by atoms with E-state index in [0.717, 1.165) is 0 Å². The minimum absolute atomic E-state index is 0.0396. The van der Waals surface area contributed by atoms with Gasteiger partial charge in [-0.05, 0) is 40.8 Å². The maximum atomic E-state index is 11.7. The summed E-state index contributed by atoms with van der Waals surface area (Å²) in [6.45, 7) is 0.704. The van der Waals surface area contributed by atoms with E-state index in [1.54, 1.807) is 12.1 Å². The Kier molecular flexibility index (Phi) is 6.57. The van der Waals surface area contributed by atoms with Crippen LogP contribution in [-0.4, -0.2) is 43.7 Å². The minimum atomic E-state index is -0.409. The largest absolute Gasteiger partial charge is 0.507 e. The van der Waals surface area contributed by atoms with E-state index in [1.807, 2.05) is 22.6 Å². The molecular formula is C12H15IN2O4. The van der Waals surface area contributed by atoms with Gasteiger partial charge in [0, 0.05) is 19.2 Å². The highest BCUT2D eigenvalue weighted by Gasteiger charge is 2.09. The van der Waals surface area contributed by atoms with Crippen molar-refractivity contribution in [2.24, 2.45) is 0 Å². The number of phenols is 1. The molecule has 0 aliphatic heterocycles. The Balaban J connectivity index is 2.42. The first-order valence-corrected chi connectivity index (χ1v) is 6.65. The Hall–Kier alpha value is -1.35. The van der Waals surface area contributed by atoms with Crippen LogP contribution in [0.1, 0.15) is 10.4 Å². The highest BCUT2D eigenvalue weighted by atomic mass is 127. The van der Waals surface area contributed by atoms with E-state index >= 15 is 0 Å². The van der Waals surface area contributed by atoms with Gasteiger partial charge in [-0.1, -0.05) is 0 Å². The van der Waals surface area contributed by atoms with Crippen molar-refractivity contribution >= 4 is 34.4 Å². The van der Waals surface area contributed by atoms with Crippen molar-refractivity contribution in [2.75, 3.05) is 26.8 Å². The Morgan fingerprint density at radius 2 is 2.11 bits per heavy atom. The molecule has 1 aromatic rings. The highest BCUT2D eigenvalue weighted by Crippen LogP contribution is 2.20. The number of carbonyl (C=O) groups excluding carboxylic acids is 2. The number of carbonyl (C=O) groups is 2. The number of phenolic OH excluding ortho intramolecular Hbond substituents is 1. The molecule has 0 aliphatic rings. The summed E-state index contributed by atoms with van der Waals surface area (Å²) in [5, 5.41) is 14.5. The Morgan fingerprint density at radius 3 is 2.74 bits per heavy atom. The van der Waals surface area contributed by atoms with Crippen molar-refractivity contribution in [1.29, 1.82) is 0 Å². The molecule has 0 heterocycles. The fourth-order valence-corrected chi connectivity index (χ4v) is 1.61. The van der Waals surface area contributed by atoms with E-state index in [2.05, 4.69) is 10.6 Å². The van der Waals surface area contributed by atoms with Gasteiger partial charge in [-0.3, -0.25) is 9.59 Å². The van der Waals surface area contributed by atoms with Crippen molar-refractivity contribution in [3.8, 4) is 5.75 Å². The highest BCUT2D eigenvalue weighted by molar-refractivity contribution is 14.1. The van der Waals surface area contributed by atoms with E-state index in [0.29, 0.717) is 22.3 Å². The zero-order valence-electron chi connectivity index (χ0n) is 10.4. The van der Waals surface area contributed by atoms with Gasteiger partial charge in [-0.2, -0.15) is 0 Å². The lowest BCUT2D eigenvalue weighted by molar-refractivity contribution is -0.120. The van der Waals surface area contributed by atoms with Crippen LogP contribution in [0.25, 0.3) is 0 Å². The van der Waals surface area contributed by atoms with Crippen molar-refractivity contribution in [3.05, 3.63) is 27.3 Å². The fraction of sp³-hybridized carbons (Fsp3) is 0.333. The number of rotatable bonds is 6. The molecule has 0 bridgehead atoms. The smallest absolute Gasteiger partial charge is 0.251 e. The first kappa shape index (κ1) is 15.7. The summed E-state index contributed by atoms with van der Waals surface area (Å²) in [5.41, 5.74) is 0.308. The summed E-state index contributed by atoms with van der Waals surface area (Å²) in [6.07, 6.45) is 0. The normalized spacial score (nSPS) is 10.0. The number of hydrogen-bond donors (Lipinski definition) is 3. The van der Waals surface area contributed by atoms with Gasteiger partial charge in [0.05, 0.1) is 16.7 Å². The van der Waals surface area contributed by atoms with Gasteiger partial charge >= 0.3 is 0 Å². The van der Waals surface area contributed by atoms with Gasteiger partial charge in [0.15, 0.2) is 0 Å². The molecule has 7 heteroatoms. The average molecular weight is 378 g/mol. The van der Waals surface area contributed by atoms with Gasteiger partial charge in [0.25, 0.3) is 5.91 Å². The lowest BCUT2D eigenvalue weighted by atomic mass is 10.2. The molecule has 6 nitrogen and oxygen atoms in total. The number of methoxy groups -OCH3 is 1. The summed E-state index contributed by atoms with van der Waals surface area (Å²) in [6, 6.07) is 4.57. The lowest BCUT2D eigenvalue weighted by Crippen LogP contribution is -2.38. The molecule has 3 N–H and O–H groups in total. The molecular weight excluding hydrogens is 363 g/mol. The molecule has 0 unspecified atom stereocenters. The van der Waals surface area contributed by atoms with E-state index < -0.39 is 5.91 Å². The van der Waals surface area contributed by atoms with Crippen LogP contribution < -0.4 is 10.6 Å². The Labute approximate surface area is 124 Å². The van der Waals surface area contributed by atoms with E-state index in [4.69, 9.17) is 4.74 Å².